The molecule has 1 N–H and O–H groups in total. The number of aromatic carboxylic acids is 1. The summed E-state index contributed by atoms with van der Waals surface area (Å²) in [6, 6.07) is 11.2. The highest BCUT2D eigenvalue weighted by molar-refractivity contribution is 6.32. The Morgan fingerprint density at radius 3 is 2.66 bits per heavy atom. The molecule has 0 aliphatic rings. The van der Waals surface area contributed by atoms with Crippen LogP contribution < -0.4 is 9.47 Å². The number of carboxylic acids is 1. The van der Waals surface area contributed by atoms with Crippen molar-refractivity contribution in [3.63, 3.8) is 0 Å². The van der Waals surface area contributed by atoms with Crippen LogP contribution in [0.25, 0.3) is 6.08 Å². The molecule has 0 aliphatic carbocycles. The topological polar surface area (TPSA) is 106 Å². The summed E-state index contributed by atoms with van der Waals surface area (Å²) in [6.45, 7) is 1.86. The lowest BCUT2D eigenvalue weighted by atomic mass is 10.1. The van der Waals surface area contributed by atoms with Gasteiger partial charge in [0.15, 0.2) is 11.5 Å². The third-order valence-corrected chi connectivity index (χ3v) is 4.02. The maximum Gasteiger partial charge on any atom is 0.348 e. The summed E-state index contributed by atoms with van der Waals surface area (Å²) >= 11 is 6.30. The number of carbonyl (C=O) groups is 2. The monoisotopic (exact) mass is 415 g/mol. The zero-order chi connectivity index (χ0) is 21.4. The molecule has 29 heavy (non-hydrogen) atoms. The minimum absolute atomic E-state index is 0.0681. The molecule has 150 valence electrons. The number of nitriles is 1. The number of halogens is 1. The van der Waals surface area contributed by atoms with Crippen LogP contribution in [0.4, 0.5) is 0 Å². The first-order valence-electron chi connectivity index (χ1n) is 8.51. The SMILES string of the molecule is CCOC(=O)C(C#N)=Cc1cc(Cl)c(OCc2cccc(C(=O)O)c2)c(OC)c1. The molecule has 8 heteroatoms. The van der Waals surface area contributed by atoms with E-state index in [1.165, 1.54) is 31.4 Å². The Morgan fingerprint density at radius 2 is 2.03 bits per heavy atom. The van der Waals surface area contributed by atoms with E-state index in [2.05, 4.69) is 0 Å². The Labute approximate surface area is 172 Å². The molecular weight excluding hydrogens is 398 g/mol. The number of carboxylic acid groups (broad SMARTS) is 1. The van der Waals surface area contributed by atoms with Crippen LogP contribution in [0.15, 0.2) is 42.0 Å². The van der Waals surface area contributed by atoms with Gasteiger partial charge in [-0.25, -0.2) is 9.59 Å². The summed E-state index contributed by atoms with van der Waals surface area (Å²) in [7, 11) is 1.42. The Kier molecular flexibility index (Phi) is 7.63. The number of hydrogen-bond acceptors (Lipinski definition) is 6. The van der Waals surface area contributed by atoms with Crippen LogP contribution in [0.2, 0.25) is 5.02 Å². The average molecular weight is 416 g/mol. The first-order valence-corrected chi connectivity index (χ1v) is 8.88. The van der Waals surface area contributed by atoms with Crippen molar-refractivity contribution in [2.75, 3.05) is 13.7 Å². The van der Waals surface area contributed by atoms with E-state index in [4.69, 9.17) is 36.2 Å². The summed E-state index contributed by atoms with van der Waals surface area (Å²) < 4.78 is 15.9. The number of ether oxygens (including phenoxy) is 3. The first-order chi connectivity index (χ1) is 13.9. The Balaban J connectivity index is 2.29. The van der Waals surface area contributed by atoms with Gasteiger partial charge in [0, 0.05) is 0 Å². The van der Waals surface area contributed by atoms with Crippen molar-refractivity contribution in [1.82, 2.24) is 0 Å². The maximum absolute atomic E-state index is 11.8. The van der Waals surface area contributed by atoms with Crippen LogP contribution in [-0.4, -0.2) is 30.8 Å². The van der Waals surface area contributed by atoms with Crippen molar-refractivity contribution in [2.24, 2.45) is 0 Å². The van der Waals surface area contributed by atoms with E-state index < -0.39 is 11.9 Å². The third-order valence-electron chi connectivity index (χ3n) is 3.74. The lowest BCUT2D eigenvalue weighted by Crippen LogP contribution is -2.06. The van der Waals surface area contributed by atoms with E-state index in [0.29, 0.717) is 16.9 Å². The predicted molar refractivity (Wildman–Crippen MR) is 106 cm³/mol. The smallest absolute Gasteiger partial charge is 0.348 e. The van der Waals surface area contributed by atoms with Crippen molar-refractivity contribution in [3.05, 3.63) is 63.7 Å². The van der Waals surface area contributed by atoms with Crippen molar-refractivity contribution >= 4 is 29.6 Å². The van der Waals surface area contributed by atoms with Crippen LogP contribution in [0.1, 0.15) is 28.4 Å². The lowest BCUT2D eigenvalue weighted by Gasteiger charge is -2.14. The van der Waals surface area contributed by atoms with Gasteiger partial charge in [0.05, 0.1) is 24.3 Å². The van der Waals surface area contributed by atoms with Crippen molar-refractivity contribution < 1.29 is 28.9 Å². The lowest BCUT2D eigenvalue weighted by molar-refractivity contribution is -0.137. The Bertz CT molecular complexity index is 993. The summed E-state index contributed by atoms with van der Waals surface area (Å²) in [5.41, 5.74) is 1.06. The van der Waals surface area contributed by atoms with Crippen molar-refractivity contribution in [1.29, 1.82) is 5.26 Å². The van der Waals surface area contributed by atoms with Crippen LogP contribution >= 0.6 is 11.6 Å². The van der Waals surface area contributed by atoms with Crippen LogP contribution in [-0.2, 0) is 16.1 Å². The van der Waals surface area contributed by atoms with Gasteiger partial charge in [-0.05, 0) is 48.4 Å². The molecule has 0 heterocycles. The molecule has 2 rings (SSSR count). The van der Waals surface area contributed by atoms with E-state index >= 15 is 0 Å². The van der Waals surface area contributed by atoms with Crippen molar-refractivity contribution in [2.45, 2.75) is 13.5 Å². The average Bonchev–Trinajstić information content (AvgIpc) is 2.71. The van der Waals surface area contributed by atoms with Crippen LogP contribution in [0, 0.1) is 11.3 Å². The largest absolute Gasteiger partial charge is 0.493 e. The molecule has 0 unspecified atom stereocenters. The van der Waals surface area contributed by atoms with Gasteiger partial charge in [-0.2, -0.15) is 5.26 Å². The molecule has 2 aromatic rings. The fourth-order valence-corrected chi connectivity index (χ4v) is 2.70. The van der Waals surface area contributed by atoms with Gasteiger partial charge in [0.1, 0.15) is 18.2 Å². The Morgan fingerprint density at radius 1 is 1.28 bits per heavy atom. The Hall–Kier alpha value is -3.50. The number of rotatable bonds is 8. The van der Waals surface area contributed by atoms with E-state index in [0.717, 1.165) is 0 Å². The molecule has 2 aromatic carbocycles. The van der Waals surface area contributed by atoms with Crippen molar-refractivity contribution in [3.8, 4) is 17.6 Å². The standard InChI is InChI=1S/C21H18ClNO6/c1-3-28-21(26)16(11-23)8-14-9-17(22)19(18(10-14)27-2)29-12-13-5-4-6-15(7-13)20(24)25/h4-10H,3,12H2,1-2H3,(H,24,25). The third kappa shape index (κ3) is 5.74. The molecule has 0 atom stereocenters. The van der Waals surface area contributed by atoms with E-state index in [1.807, 2.05) is 0 Å². The summed E-state index contributed by atoms with van der Waals surface area (Å²) in [5, 5.41) is 18.4. The number of esters is 1. The molecule has 0 radical (unpaired) electrons. The number of nitrogens with zero attached hydrogens (tertiary/aromatic N) is 1. The fourth-order valence-electron chi connectivity index (χ4n) is 2.43. The van der Waals surface area contributed by atoms with Gasteiger partial charge >= 0.3 is 11.9 Å². The maximum atomic E-state index is 11.8. The van der Waals surface area contributed by atoms with Gasteiger partial charge in [0.2, 0.25) is 0 Å². The second-order valence-electron chi connectivity index (χ2n) is 5.72. The molecule has 0 spiro atoms. The molecule has 0 aromatic heterocycles. The number of hydrogen-bond donors (Lipinski definition) is 1. The highest BCUT2D eigenvalue weighted by atomic mass is 35.5. The van der Waals surface area contributed by atoms with Crippen LogP contribution in [0.3, 0.4) is 0 Å². The zero-order valence-corrected chi connectivity index (χ0v) is 16.5. The zero-order valence-electron chi connectivity index (χ0n) is 15.8. The molecule has 0 bridgehead atoms. The second kappa shape index (κ2) is 10.2. The van der Waals surface area contributed by atoms with E-state index in [-0.39, 0.29) is 35.1 Å². The highest BCUT2D eigenvalue weighted by Crippen LogP contribution is 2.37. The van der Waals surface area contributed by atoms with E-state index in [1.54, 1.807) is 31.2 Å². The molecule has 0 aliphatic heterocycles. The number of methoxy groups -OCH3 is 1. The number of carbonyl (C=O) groups excluding carboxylic acids is 1. The van der Waals surface area contributed by atoms with E-state index in [9.17, 15) is 9.59 Å². The minimum Gasteiger partial charge on any atom is -0.493 e. The summed E-state index contributed by atoms with van der Waals surface area (Å²) in [5.74, 6) is -1.22. The summed E-state index contributed by atoms with van der Waals surface area (Å²) in [6.07, 6.45) is 1.34. The van der Waals surface area contributed by atoms with Crippen LogP contribution in [0.5, 0.6) is 11.5 Å². The van der Waals surface area contributed by atoms with Gasteiger partial charge in [-0.15, -0.1) is 0 Å². The molecule has 0 amide bonds. The molecular formula is C21H18ClNO6. The molecule has 0 fully saturated rings. The predicted octanol–water partition coefficient (Wildman–Crippen LogP) is 4.10. The van der Waals surface area contributed by atoms with Gasteiger partial charge in [-0.1, -0.05) is 23.7 Å². The quantitative estimate of drug-likeness (QED) is 0.393. The highest BCUT2D eigenvalue weighted by Gasteiger charge is 2.15. The first kappa shape index (κ1) is 21.8. The molecule has 0 saturated carbocycles. The summed E-state index contributed by atoms with van der Waals surface area (Å²) in [4.78, 5) is 22.9. The fraction of sp³-hybridized carbons (Fsp3) is 0.190. The molecule has 7 nitrogen and oxygen atoms in total. The van der Waals surface area contributed by atoms with Gasteiger partial charge in [-0.3, -0.25) is 0 Å². The molecule has 0 saturated heterocycles. The minimum atomic E-state index is -1.03. The normalized spacial score (nSPS) is 10.8. The van der Waals surface area contributed by atoms with Gasteiger partial charge < -0.3 is 19.3 Å². The number of benzene rings is 2. The second-order valence-corrected chi connectivity index (χ2v) is 6.13. The van der Waals surface area contributed by atoms with Gasteiger partial charge in [0.25, 0.3) is 0 Å².